The van der Waals surface area contributed by atoms with Crippen LogP contribution in [0.25, 0.3) is 0 Å². The van der Waals surface area contributed by atoms with Crippen LogP contribution in [0.1, 0.15) is 46.0 Å². The van der Waals surface area contributed by atoms with E-state index in [0.717, 1.165) is 0 Å². The molecule has 0 spiro atoms. The molecule has 186 valence electrons. The van der Waals surface area contributed by atoms with Crippen molar-refractivity contribution in [3.05, 3.63) is 0 Å². The second-order valence-electron chi connectivity index (χ2n) is 8.01. The van der Waals surface area contributed by atoms with E-state index in [1.54, 1.807) is 0 Å². The van der Waals surface area contributed by atoms with Gasteiger partial charge in [0.15, 0.2) is 0 Å². The van der Waals surface area contributed by atoms with Gasteiger partial charge in [0.25, 0.3) is 0 Å². The van der Waals surface area contributed by atoms with E-state index in [1.807, 2.05) is 20.1 Å². The molecule has 0 saturated carbocycles. The summed E-state index contributed by atoms with van der Waals surface area (Å²) in [6.45, 7) is 4.35. The van der Waals surface area contributed by atoms with Crippen molar-refractivity contribution >= 4 is 48.1 Å². The topological polar surface area (TPSA) is 177 Å². The smallest absolute Gasteiger partial charge is 0.327 e. The van der Waals surface area contributed by atoms with Gasteiger partial charge in [0.1, 0.15) is 18.1 Å². The van der Waals surface area contributed by atoms with Crippen LogP contribution in [0.15, 0.2) is 0 Å². The number of thiol groups is 1. The zero-order valence-electron chi connectivity index (χ0n) is 19.1. The van der Waals surface area contributed by atoms with Gasteiger partial charge < -0.3 is 32.5 Å². The fourth-order valence-corrected chi connectivity index (χ4v) is 3.61. The Labute approximate surface area is 200 Å². The third kappa shape index (κ3) is 12.5. The van der Waals surface area contributed by atoms with Crippen LogP contribution in [-0.4, -0.2) is 77.3 Å². The summed E-state index contributed by atoms with van der Waals surface area (Å²) in [6.07, 6.45) is 4.26. The number of rotatable bonds is 17. The number of hydrogen-bond donors (Lipinski definition) is 7. The van der Waals surface area contributed by atoms with Crippen LogP contribution in [0.2, 0.25) is 0 Å². The first-order valence-electron chi connectivity index (χ1n) is 10.8. The lowest BCUT2D eigenvalue weighted by atomic mass is 10.0. The number of nitrogens with one attached hydrogen (secondary N) is 3. The maximum absolute atomic E-state index is 13.0. The zero-order valence-corrected chi connectivity index (χ0v) is 20.8. The Morgan fingerprint density at radius 3 is 1.94 bits per heavy atom. The Kier molecular flexibility index (Phi) is 16.2. The molecule has 0 rings (SSSR count). The molecule has 0 aliphatic heterocycles. The molecule has 0 saturated heterocycles. The molecule has 0 aromatic carbocycles. The molecular weight excluding hydrogens is 454 g/mol. The average Bonchev–Trinajstić information content (AvgIpc) is 2.72. The van der Waals surface area contributed by atoms with Crippen molar-refractivity contribution in [1.82, 2.24) is 16.0 Å². The summed E-state index contributed by atoms with van der Waals surface area (Å²) in [6, 6.07) is -3.75. The standard InChI is InChI=1S/C20H39N5O5S2/c1-12(2)10-13(22)17(26)23-14(6-4-5-8-21)18(27)24-15(7-9-32-3)19(28)25-16(11-31)20(29)30/h12-16,31H,4-11,21-22H2,1-3H3,(H,23,26)(H,24,27)(H,25,28)(H,29,30). The van der Waals surface area contributed by atoms with Gasteiger partial charge in [0.05, 0.1) is 6.04 Å². The summed E-state index contributed by atoms with van der Waals surface area (Å²) in [4.78, 5) is 49.3. The third-order valence-electron chi connectivity index (χ3n) is 4.68. The number of carbonyl (C=O) groups excluding carboxylic acids is 3. The van der Waals surface area contributed by atoms with Crippen LogP contribution in [0.5, 0.6) is 0 Å². The SMILES string of the molecule is CSCCC(NC(=O)C(CCCCN)NC(=O)C(N)CC(C)C)C(=O)NC(CS)C(=O)O. The predicted octanol–water partition coefficient (Wildman–Crippen LogP) is -0.289. The molecule has 0 aliphatic carbocycles. The van der Waals surface area contributed by atoms with Crippen LogP contribution < -0.4 is 27.4 Å². The Hall–Kier alpha value is -1.50. The number of carboxylic acid groups (broad SMARTS) is 1. The summed E-state index contributed by atoms with van der Waals surface area (Å²) in [5, 5.41) is 16.9. The molecule has 8 N–H and O–H groups in total. The third-order valence-corrected chi connectivity index (χ3v) is 5.69. The minimum atomic E-state index is -1.21. The molecule has 0 heterocycles. The van der Waals surface area contributed by atoms with E-state index in [1.165, 1.54) is 11.8 Å². The van der Waals surface area contributed by atoms with Crippen molar-refractivity contribution in [3.8, 4) is 0 Å². The van der Waals surface area contributed by atoms with Crippen molar-refractivity contribution in [2.45, 2.75) is 70.1 Å². The van der Waals surface area contributed by atoms with Gasteiger partial charge in [-0.25, -0.2) is 4.79 Å². The first-order valence-corrected chi connectivity index (χ1v) is 12.8. The predicted molar refractivity (Wildman–Crippen MR) is 131 cm³/mol. The number of amides is 3. The minimum absolute atomic E-state index is 0.0875. The van der Waals surface area contributed by atoms with Crippen molar-refractivity contribution in [2.24, 2.45) is 17.4 Å². The van der Waals surface area contributed by atoms with Gasteiger partial charge in [-0.2, -0.15) is 24.4 Å². The number of aliphatic carboxylic acids is 1. The van der Waals surface area contributed by atoms with Gasteiger partial charge in [-0.15, -0.1) is 0 Å². The molecule has 12 heteroatoms. The summed E-state index contributed by atoms with van der Waals surface area (Å²) in [5.74, 6) is -2.08. The number of nitrogens with two attached hydrogens (primary N) is 2. The average molecular weight is 494 g/mol. The normalized spacial score (nSPS) is 14.8. The van der Waals surface area contributed by atoms with E-state index in [4.69, 9.17) is 16.6 Å². The Bertz CT molecular complexity index is 609. The number of unbranched alkanes of at least 4 members (excludes halogenated alkanes) is 1. The summed E-state index contributed by atoms with van der Waals surface area (Å²) in [7, 11) is 0. The van der Waals surface area contributed by atoms with Crippen LogP contribution in [0.4, 0.5) is 0 Å². The lowest BCUT2D eigenvalue weighted by Crippen LogP contribution is -2.57. The highest BCUT2D eigenvalue weighted by molar-refractivity contribution is 7.98. The van der Waals surface area contributed by atoms with E-state index in [0.29, 0.717) is 44.4 Å². The van der Waals surface area contributed by atoms with E-state index in [-0.39, 0.29) is 11.7 Å². The lowest BCUT2D eigenvalue weighted by molar-refractivity contribution is -0.141. The Morgan fingerprint density at radius 2 is 1.47 bits per heavy atom. The molecule has 0 aliphatic rings. The largest absolute Gasteiger partial charge is 0.480 e. The Morgan fingerprint density at radius 1 is 0.938 bits per heavy atom. The van der Waals surface area contributed by atoms with Crippen LogP contribution >= 0.6 is 24.4 Å². The summed E-state index contributed by atoms with van der Waals surface area (Å²) in [5.41, 5.74) is 11.5. The molecule has 0 aromatic rings. The molecule has 4 atom stereocenters. The highest BCUT2D eigenvalue weighted by atomic mass is 32.2. The Balaban J connectivity index is 5.35. The molecule has 4 unspecified atom stereocenters. The monoisotopic (exact) mass is 493 g/mol. The first kappa shape index (κ1) is 30.5. The van der Waals surface area contributed by atoms with Crippen molar-refractivity contribution in [3.63, 3.8) is 0 Å². The quantitative estimate of drug-likeness (QED) is 0.107. The molecule has 0 aromatic heterocycles. The highest BCUT2D eigenvalue weighted by Gasteiger charge is 2.29. The van der Waals surface area contributed by atoms with E-state index < -0.39 is 47.9 Å². The molecule has 10 nitrogen and oxygen atoms in total. The van der Waals surface area contributed by atoms with Gasteiger partial charge in [0.2, 0.25) is 17.7 Å². The molecular formula is C20H39N5O5S2. The van der Waals surface area contributed by atoms with E-state index in [2.05, 4.69) is 28.6 Å². The number of thioether (sulfide) groups is 1. The van der Waals surface area contributed by atoms with Crippen molar-refractivity contribution in [1.29, 1.82) is 0 Å². The molecule has 0 bridgehead atoms. The lowest BCUT2D eigenvalue weighted by Gasteiger charge is -2.25. The van der Waals surface area contributed by atoms with Crippen LogP contribution in [0, 0.1) is 5.92 Å². The minimum Gasteiger partial charge on any atom is -0.480 e. The molecule has 3 amide bonds. The summed E-state index contributed by atoms with van der Waals surface area (Å²) < 4.78 is 0. The van der Waals surface area contributed by atoms with E-state index in [9.17, 15) is 19.2 Å². The second kappa shape index (κ2) is 17.0. The number of carboxylic acids is 1. The van der Waals surface area contributed by atoms with E-state index >= 15 is 0 Å². The van der Waals surface area contributed by atoms with Crippen LogP contribution in [0.3, 0.4) is 0 Å². The molecule has 0 radical (unpaired) electrons. The molecule has 0 fully saturated rings. The van der Waals surface area contributed by atoms with Gasteiger partial charge in [0, 0.05) is 5.75 Å². The summed E-state index contributed by atoms with van der Waals surface area (Å²) >= 11 is 5.43. The number of carbonyl (C=O) groups is 4. The maximum atomic E-state index is 13.0. The maximum Gasteiger partial charge on any atom is 0.327 e. The van der Waals surface area contributed by atoms with Crippen molar-refractivity contribution < 1.29 is 24.3 Å². The van der Waals surface area contributed by atoms with Gasteiger partial charge in [-0.3, -0.25) is 14.4 Å². The van der Waals surface area contributed by atoms with Gasteiger partial charge in [-0.05, 0) is 56.6 Å². The van der Waals surface area contributed by atoms with Gasteiger partial charge in [-0.1, -0.05) is 13.8 Å². The van der Waals surface area contributed by atoms with Crippen LogP contribution in [-0.2, 0) is 19.2 Å². The highest BCUT2D eigenvalue weighted by Crippen LogP contribution is 2.08. The fraction of sp³-hybridized carbons (Fsp3) is 0.800. The zero-order chi connectivity index (χ0) is 24.7. The van der Waals surface area contributed by atoms with Crippen molar-refractivity contribution in [2.75, 3.05) is 24.3 Å². The first-order chi connectivity index (χ1) is 15.1. The second-order valence-corrected chi connectivity index (χ2v) is 9.36. The van der Waals surface area contributed by atoms with Gasteiger partial charge >= 0.3 is 5.97 Å². The number of hydrogen-bond acceptors (Lipinski definition) is 8. The fourth-order valence-electron chi connectivity index (χ4n) is 2.89. The molecule has 32 heavy (non-hydrogen) atoms.